The molecular weight excluding hydrogens is 405 g/mol. The van der Waals surface area contributed by atoms with E-state index in [0.29, 0.717) is 10.0 Å². The summed E-state index contributed by atoms with van der Waals surface area (Å²) < 4.78 is 39.4. The molecule has 2 aromatic heterocycles. The van der Waals surface area contributed by atoms with Gasteiger partial charge >= 0.3 is 6.18 Å². The second-order valence-corrected chi connectivity index (χ2v) is 8.16. The number of alkyl halides is 3. The highest BCUT2D eigenvalue weighted by Gasteiger charge is 2.37. The van der Waals surface area contributed by atoms with Crippen LogP contribution in [-0.2, 0) is 11.6 Å². The molecule has 0 spiro atoms. The molecule has 2 heterocycles. The third-order valence-corrected chi connectivity index (χ3v) is 5.81. The molecule has 7 nitrogen and oxygen atoms in total. The number of nitrogens with zero attached hydrogens (tertiary/aromatic N) is 3. The highest BCUT2D eigenvalue weighted by Crippen LogP contribution is 2.39. The molecule has 5 N–H and O–H groups in total. The van der Waals surface area contributed by atoms with Gasteiger partial charge < -0.3 is 21.5 Å². The van der Waals surface area contributed by atoms with E-state index in [0.717, 1.165) is 30.4 Å². The van der Waals surface area contributed by atoms with Crippen LogP contribution in [0, 0.1) is 0 Å². The number of halogens is 4. The number of aromatic nitrogens is 3. The maximum atomic E-state index is 13.1. The summed E-state index contributed by atoms with van der Waals surface area (Å²) in [7, 11) is 0. The van der Waals surface area contributed by atoms with Crippen LogP contribution in [0.4, 0.5) is 29.9 Å². The maximum absolute atomic E-state index is 13.1. The number of nitrogens with two attached hydrogens (primary N) is 1. The molecule has 2 aromatic rings. The molecule has 0 radical (unpaired) electrons. The second-order valence-electron chi connectivity index (χ2n) is 6.80. The fourth-order valence-corrected chi connectivity index (χ4v) is 3.35. The lowest BCUT2D eigenvalue weighted by atomic mass is 9.93. The van der Waals surface area contributed by atoms with Gasteiger partial charge in [0.1, 0.15) is 27.6 Å². The molecule has 3 rings (SSSR count). The van der Waals surface area contributed by atoms with Gasteiger partial charge in [0.05, 0.1) is 5.41 Å². The summed E-state index contributed by atoms with van der Waals surface area (Å²) >= 11 is 7.22. The van der Waals surface area contributed by atoms with E-state index in [1.165, 1.54) is 0 Å². The molecule has 27 heavy (non-hydrogen) atoms. The molecule has 1 aliphatic carbocycles. The van der Waals surface area contributed by atoms with Gasteiger partial charge in [-0.3, -0.25) is 0 Å². The Hall–Kier alpha value is -1.69. The summed E-state index contributed by atoms with van der Waals surface area (Å²) in [5.41, 5.74) is 3.78. The minimum Gasteiger partial charge on any atom is -0.378 e. The molecule has 1 unspecified atom stereocenters. The van der Waals surface area contributed by atoms with Gasteiger partial charge in [0, 0.05) is 12.2 Å². The topological polar surface area (TPSA) is 109 Å². The third-order valence-electron chi connectivity index (χ3n) is 4.11. The van der Waals surface area contributed by atoms with E-state index in [2.05, 4.69) is 25.6 Å². The number of hydrogen-bond acceptors (Lipinski definition) is 8. The van der Waals surface area contributed by atoms with Crippen molar-refractivity contribution in [2.45, 2.75) is 50.6 Å². The average Bonchev–Trinajstić information content (AvgIpc) is 3.28. The van der Waals surface area contributed by atoms with E-state index in [-0.39, 0.29) is 23.0 Å². The first-order valence-electron chi connectivity index (χ1n) is 8.06. The van der Waals surface area contributed by atoms with Crippen LogP contribution in [0.25, 0.3) is 0 Å². The van der Waals surface area contributed by atoms with E-state index < -0.39 is 23.4 Å². The van der Waals surface area contributed by atoms with Crippen molar-refractivity contribution in [2.75, 3.05) is 10.6 Å². The first-order chi connectivity index (χ1) is 12.5. The van der Waals surface area contributed by atoms with Gasteiger partial charge in [-0.25, -0.2) is 9.97 Å². The number of aliphatic hydroxyl groups is 1. The van der Waals surface area contributed by atoms with E-state index in [1.807, 2.05) is 0 Å². The lowest BCUT2D eigenvalue weighted by molar-refractivity contribution is -0.137. The van der Waals surface area contributed by atoms with Crippen molar-refractivity contribution in [3.05, 3.63) is 21.9 Å². The van der Waals surface area contributed by atoms with Crippen molar-refractivity contribution in [3.8, 4) is 0 Å². The largest absolute Gasteiger partial charge is 0.421 e. The van der Waals surface area contributed by atoms with Gasteiger partial charge in [0.15, 0.2) is 5.15 Å². The Bertz CT molecular complexity index is 837. The number of nitrogens with one attached hydrogen (secondary N) is 2. The Labute approximate surface area is 162 Å². The standard InChI is InChI=1S/C15H18ClF3N6OS/c1-14(2,11(20)26)12-23-8(16)10(27-12)25-13-21-5-7(15(17,18)19)9(24-13)22-6-3-4-6/h5-6,11,26H,3-4,20H2,1-2H3,(H2,21,22,24,25). The molecular formula is C15H18ClF3N6OS. The zero-order valence-electron chi connectivity index (χ0n) is 14.4. The minimum atomic E-state index is -4.56. The summed E-state index contributed by atoms with van der Waals surface area (Å²) in [6.07, 6.45) is -3.41. The zero-order chi connectivity index (χ0) is 20.0. The lowest BCUT2D eigenvalue weighted by Gasteiger charge is -2.24. The van der Waals surface area contributed by atoms with Crippen molar-refractivity contribution in [3.63, 3.8) is 0 Å². The Morgan fingerprint density at radius 1 is 1.33 bits per heavy atom. The Kier molecular flexibility index (Phi) is 5.23. The van der Waals surface area contributed by atoms with Crippen LogP contribution in [0.15, 0.2) is 6.20 Å². The van der Waals surface area contributed by atoms with E-state index >= 15 is 0 Å². The van der Waals surface area contributed by atoms with E-state index in [9.17, 15) is 18.3 Å². The van der Waals surface area contributed by atoms with Crippen LogP contribution in [0.2, 0.25) is 5.15 Å². The fraction of sp³-hybridized carbons (Fsp3) is 0.533. The number of thiazole rings is 1. The van der Waals surface area contributed by atoms with Crippen molar-refractivity contribution in [2.24, 2.45) is 5.73 Å². The lowest BCUT2D eigenvalue weighted by Crippen LogP contribution is -2.40. The first-order valence-corrected chi connectivity index (χ1v) is 9.26. The van der Waals surface area contributed by atoms with Crippen LogP contribution in [0.5, 0.6) is 0 Å². The molecule has 0 amide bonds. The Morgan fingerprint density at radius 3 is 2.56 bits per heavy atom. The van der Waals surface area contributed by atoms with Gasteiger partial charge in [-0.2, -0.15) is 18.2 Å². The van der Waals surface area contributed by atoms with Crippen molar-refractivity contribution in [1.29, 1.82) is 0 Å². The van der Waals surface area contributed by atoms with E-state index in [1.54, 1.807) is 13.8 Å². The predicted molar refractivity (Wildman–Crippen MR) is 97.3 cm³/mol. The minimum absolute atomic E-state index is 0.0145. The summed E-state index contributed by atoms with van der Waals surface area (Å²) in [6, 6.07) is -0.0145. The molecule has 1 fully saturated rings. The van der Waals surface area contributed by atoms with E-state index in [4.69, 9.17) is 17.3 Å². The monoisotopic (exact) mass is 422 g/mol. The van der Waals surface area contributed by atoms with Crippen molar-refractivity contribution < 1.29 is 18.3 Å². The highest BCUT2D eigenvalue weighted by molar-refractivity contribution is 7.16. The molecule has 0 aliphatic heterocycles. The molecule has 1 atom stereocenters. The Morgan fingerprint density at radius 2 is 2.00 bits per heavy atom. The van der Waals surface area contributed by atoms with Crippen LogP contribution in [-0.4, -0.2) is 32.3 Å². The SMILES string of the molecule is CC(C)(c1nc(Cl)c(Nc2ncc(C(F)(F)F)c(NC3CC3)n2)s1)C(N)O. The van der Waals surface area contributed by atoms with Gasteiger partial charge in [-0.15, -0.1) is 0 Å². The number of anilines is 3. The third kappa shape index (κ3) is 4.42. The molecule has 1 saturated carbocycles. The normalized spacial score (nSPS) is 16.3. The molecule has 0 aromatic carbocycles. The summed E-state index contributed by atoms with van der Waals surface area (Å²) in [6.45, 7) is 3.39. The molecule has 0 saturated heterocycles. The number of rotatable bonds is 6. The van der Waals surface area contributed by atoms with Gasteiger partial charge in [-0.05, 0) is 26.7 Å². The van der Waals surface area contributed by atoms with Crippen molar-refractivity contribution >= 4 is 39.7 Å². The van der Waals surface area contributed by atoms with Crippen LogP contribution >= 0.6 is 22.9 Å². The first kappa shape index (κ1) is 20.1. The summed E-state index contributed by atoms with van der Waals surface area (Å²) in [5, 5.41) is 16.2. The summed E-state index contributed by atoms with van der Waals surface area (Å²) in [4.78, 5) is 11.9. The maximum Gasteiger partial charge on any atom is 0.421 e. The molecule has 0 bridgehead atoms. The summed E-state index contributed by atoms with van der Waals surface area (Å²) in [5.74, 6) is -0.324. The smallest absolute Gasteiger partial charge is 0.378 e. The van der Waals surface area contributed by atoms with Gasteiger partial charge in [0.2, 0.25) is 5.95 Å². The Balaban J connectivity index is 1.88. The van der Waals surface area contributed by atoms with Crippen LogP contribution < -0.4 is 16.4 Å². The molecule has 12 heteroatoms. The molecule has 148 valence electrons. The quantitative estimate of drug-likeness (QED) is 0.527. The zero-order valence-corrected chi connectivity index (χ0v) is 16.0. The van der Waals surface area contributed by atoms with Crippen molar-refractivity contribution in [1.82, 2.24) is 15.0 Å². The fourth-order valence-electron chi connectivity index (χ4n) is 2.06. The second kappa shape index (κ2) is 7.04. The highest BCUT2D eigenvalue weighted by atomic mass is 35.5. The van der Waals surface area contributed by atoms with Crippen LogP contribution in [0.3, 0.4) is 0 Å². The number of aliphatic hydroxyl groups excluding tert-OH is 1. The van der Waals surface area contributed by atoms with Gasteiger partial charge in [-0.1, -0.05) is 22.9 Å². The average molecular weight is 423 g/mol. The van der Waals surface area contributed by atoms with Crippen LogP contribution in [0.1, 0.15) is 37.3 Å². The number of hydrogen-bond donors (Lipinski definition) is 4. The van der Waals surface area contributed by atoms with Gasteiger partial charge in [0.25, 0.3) is 0 Å². The predicted octanol–water partition coefficient (Wildman–Crippen LogP) is 3.48. The molecule has 1 aliphatic rings.